The molecule has 1 fully saturated rings. The summed E-state index contributed by atoms with van der Waals surface area (Å²) in [7, 11) is 0. The van der Waals surface area contributed by atoms with Gasteiger partial charge in [-0.25, -0.2) is 0 Å². The minimum absolute atomic E-state index is 0.0146. The molecule has 1 aliphatic heterocycles. The molecule has 0 aromatic rings. The molecule has 3 heteroatoms. The van der Waals surface area contributed by atoms with Crippen LogP contribution in [-0.2, 0) is 0 Å². The summed E-state index contributed by atoms with van der Waals surface area (Å²) in [5.74, 6) is 2.28. The molecule has 3 N–H and O–H groups in total. The van der Waals surface area contributed by atoms with Crippen molar-refractivity contribution < 1.29 is 0 Å². The van der Waals surface area contributed by atoms with Crippen molar-refractivity contribution in [2.45, 2.75) is 44.7 Å². The number of piperidine rings is 1. The van der Waals surface area contributed by atoms with Crippen LogP contribution in [0.5, 0.6) is 0 Å². The van der Waals surface area contributed by atoms with E-state index in [-0.39, 0.29) is 5.54 Å². The van der Waals surface area contributed by atoms with Crippen LogP contribution in [0.1, 0.15) is 33.1 Å². The third-order valence-electron chi connectivity index (χ3n) is 2.21. The predicted octanol–water partition coefficient (Wildman–Crippen LogP) is 1.60. The van der Waals surface area contributed by atoms with E-state index in [2.05, 4.69) is 19.2 Å². The Labute approximate surface area is 86.0 Å². The van der Waals surface area contributed by atoms with Gasteiger partial charge in [0.1, 0.15) is 0 Å². The minimum Gasteiger partial charge on any atom is -0.325 e. The molecule has 13 heavy (non-hydrogen) atoms. The topological polar surface area (TPSA) is 38.0 Å². The van der Waals surface area contributed by atoms with Crippen molar-refractivity contribution in [2.75, 3.05) is 18.1 Å². The van der Waals surface area contributed by atoms with Crippen LogP contribution in [0, 0.1) is 0 Å². The maximum Gasteiger partial charge on any atom is 0.0188 e. The van der Waals surface area contributed by atoms with Gasteiger partial charge in [0.2, 0.25) is 0 Å². The average molecular weight is 202 g/mol. The van der Waals surface area contributed by atoms with Crippen molar-refractivity contribution in [3.63, 3.8) is 0 Å². The standard InChI is InChI=1S/C10H22N2S/c1-10(2,11)8-13-7-9-5-3-4-6-12-9/h9,12H,3-8,11H2,1-2H3. The molecule has 0 bridgehead atoms. The molecule has 2 nitrogen and oxygen atoms in total. The molecule has 0 aromatic carbocycles. The lowest BCUT2D eigenvalue weighted by Gasteiger charge is -2.25. The van der Waals surface area contributed by atoms with Gasteiger partial charge >= 0.3 is 0 Å². The van der Waals surface area contributed by atoms with Gasteiger partial charge in [-0.3, -0.25) is 0 Å². The smallest absolute Gasteiger partial charge is 0.0188 e. The highest BCUT2D eigenvalue weighted by molar-refractivity contribution is 7.99. The van der Waals surface area contributed by atoms with E-state index in [1.165, 1.54) is 31.6 Å². The summed E-state index contributed by atoms with van der Waals surface area (Å²) in [6.45, 7) is 5.39. The van der Waals surface area contributed by atoms with Gasteiger partial charge in [-0.2, -0.15) is 11.8 Å². The summed E-state index contributed by atoms with van der Waals surface area (Å²) in [5.41, 5.74) is 5.90. The minimum atomic E-state index is -0.0146. The molecule has 0 aliphatic carbocycles. The van der Waals surface area contributed by atoms with Gasteiger partial charge in [0.05, 0.1) is 0 Å². The van der Waals surface area contributed by atoms with Crippen molar-refractivity contribution in [1.29, 1.82) is 0 Å². The number of thioether (sulfide) groups is 1. The van der Waals surface area contributed by atoms with E-state index in [9.17, 15) is 0 Å². The zero-order valence-electron chi connectivity index (χ0n) is 8.81. The van der Waals surface area contributed by atoms with Crippen molar-refractivity contribution in [2.24, 2.45) is 5.73 Å². The molecule has 0 aromatic heterocycles. The fourth-order valence-electron chi connectivity index (χ4n) is 1.53. The first-order valence-electron chi connectivity index (χ1n) is 5.18. The Bertz CT molecular complexity index is 136. The zero-order chi connectivity index (χ0) is 9.73. The number of hydrogen-bond donors (Lipinski definition) is 2. The van der Waals surface area contributed by atoms with Gasteiger partial charge in [0.15, 0.2) is 0 Å². The van der Waals surface area contributed by atoms with E-state index in [1.54, 1.807) is 0 Å². The highest BCUT2D eigenvalue weighted by atomic mass is 32.2. The van der Waals surface area contributed by atoms with Gasteiger partial charge in [-0.1, -0.05) is 6.42 Å². The summed E-state index contributed by atoms with van der Waals surface area (Å²) in [6.07, 6.45) is 4.09. The van der Waals surface area contributed by atoms with Crippen LogP contribution in [0.15, 0.2) is 0 Å². The van der Waals surface area contributed by atoms with Crippen LogP contribution in [0.3, 0.4) is 0 Å². The van der Waals surface area contributed by atoms with Crippen molar-refractivity contribution in [3.8, 4) is 0 Å². The number of nitrogens with two attached hydrogens (primary N) is 1. The second-order valence-corrected chi connectivity index (χ2v) is 5.68. The monoisotopic (exact) mass is 202 g/mol. The lowest BCUT2D eigenvalue weighted by atomic mass is 10.1. The van der Waals surface area contributed by atoms with Crippen LogP contribution < -0.4 is 11.1 Å². The third kappa shape index (κ3) is 5.55. The van der Waals surface area contributed by atoms with E-state index in [4.69, 9.17) is 5.73 Å². The van der Waals surface area contributed by atoms with Crippen LogP contribution in [-0.4, -0.2) is 29.6 Å². The largest absolute Gasteiger partial charge is 0.325 e. The number of hydrogen-bond acceptors (Lipinski definition) is 3. The first-order valence-corrected chi connectivity index (χ1v) is 6.33. The average Bonchev–Trinajstić information content (AvgIpc) is 2.04. The Hall–Kier alpha value is 0.270. The van der Waals surface area contributed by atoms with Crippen molar-refractivity contribution >= 4 is 11.8 Å². The molecule has 0 amide bonds. The maximum atomic E-state index is 5.91. The SMILES string of the molecule is CC(C)(N)CSCC1CCCCN1. The van der Waals surface area contributed by atoms with E-state index in [0.717, 1.165) is 11.8 Å². The van der Waals surface area contributed by atoms with Gasteiger partial charge in [-0.05, 0) is 33.2 Å². The van der Waals surface area contributed by atoms with E-state index in [1.807, 2.05) is 11.8 Å². The Balaban J connectivity index is 2.04. The molecule has 0 saturated carbocycles. The molecule has 0 spiro atoms. The molecule has 78 valence electrons. The molecule has 1 rings (SSSR count). The first kappa shape index (κ1) is 11.3. The highest BCUT2D eigenvalue weighted by Crippen LogP contribution is 2.15. The summed E-state index contributed by atoms with van der Waals surface area (Å²) in [5, 5.41) is 3.54. The van der Waals surface area contributed by atoms with E-state index >= 15 is 0 Å². The van der Waals surface area contributed by atoms with Crippen molar-refractivity contribution in [3.05, 3.63) is 0 Å². The molecule has 1 aliphatic rings. The molecular formula is C10H22N2S. The van der Waals surface area contributed by atoms with E-state index < -0.39 is 0 Å². The first-order chi connectivity index (χ1) is 6.08. The van der Waals surface area contributed by atoms with E-state index in [0.29, 0.717) is 0 Å². The lowest BCUT2D eigenvalue weighted by Crippen LogP contribution is -2.38. The summed E-state index contributed by atoms with van der Waals surface area (Å²) in [6, 6.07) is 0.737. The fourth-order valence-corrected chi connectivity index (χ4v) is 2.74. The Morgan fingerprint density at radius 3 is 2.77 bits per heavy atom. The van der Waals surface area contributed by atoms with Crippen LogP contribution in [0.25, 0.3) is 0 Å². The third-order valence-corrected chi connectivity index (χ3v) is 3.79. The molecule has 1 saturated heterocycles. The van der Waals surface area contributed by atoms with Gasteiger partial charge in [0.25, 0.3) is 0 Å². The highest BCUT2D eigenvalue weighted by Gasteiger charge is 2.15. The summed E-state index contributed by atoms with van der Waals surface area (Å²) >= 11 is 1.98. The molecule has 0 radical (unpaired) electrons. The Morgan fingerprint density at radius 2 is 2.23 bits per heavy atom. The Kier molecular flexibility index (Phi) is 4.56. The summed E-state index contributed by atoms with van der Waals surface area (Å²) in [4.78, 5) is 0. The molecule has 1 atom stereocenters. The number of nitrogens with one attached hydrogen (secondary N) is 1. The number of rotatable bonds is 4. The normalized spacial score (nSPS) is 24.7. The predicted molar refractivity (Wildman–Crippen MR) is 61.2 cm³/mol. The lowest BCUT2D eigenvalue weighted by molar-refractivity contribution is 0.429. The molecule has 1 unspecified atom stereocenters. The second kappa shape index (κ2) is 5.23. The second-order valence-electron chi connectivity index (χ2n) is 4.65. The summed E-state index contributed by atoms with van der Waals surface area (Å²) < 4.78 is 0. The molecule has 1 heterocycles. The van der Waals surface area contributed by atoms with Gasteiger partial charge < -0.3 is 11.1 Å². The van der Waals surface area contributed by atoms with Gasteiger partial charge in [0, 0.05) is 23.1 Å². The maximum absolute atomic E-state index is 5.91. The fraction of sp³-hybridized carbons (Fsp3) is 1.00. The van der Waals surface area contributed by atoms with Crippen LogP contribution >= 0.6 is 11.8 Å². The molecular weight excluding hydrogens is 180 g/mol. The van der Waals surface area contributed by atoms with Crippen molar-refractivity contribution in [1.82, 2.24) is 5.32 Å². The van der Waals surface area contributed by atoms with Gasteiger partial charge in [-0.15, -0.1) is 0 Å². The zero-order valence-corrected chi connectivity index (χ0v) is 9.62. The van der Waals surface area contributed by atoms with Crippen LogP contribution in [0.4, 0.5) is 0 Å². The van der Waals surface area contributed by atoms with Crippen LogP contribution in [0.2, 0.25) is 0 Å². The Morgan fingerprint density at radius 1 is 1.46 bits per heavy atom. The quantitative estimate of drug-likeness (QED) is 0.727.